The summed E-state index contributed by atoms with van der Waals surface area (Å²) in [4.78, 5) is 23.1. The van der Waals surface area contributed by atoms with Gasteiger partial charge in [-0.15, -0.1) is 0 Å². The summed E-state index contributed by atoms with van der Waals surface area (Å²) in [5, 5.41) is 4.57. The predicted octanol–water partition coefficient (Wildman–Crippen LogP) is 2.36. The van der Waals surface area contributed by atoms with Gasteiger partial charge >= 0.3 is 13.7 Å². The Kier molecular flexibility index (Phi) is 8.37. The molecule has 128 valence electrons. The van der Waals surface area contributed by atoms with Crippen molar-refractivity contribution in [3.05, 3.63) is 12.0 Å². The first-order valence-corrected chi connectivity index (χ1v) is 8.43. The van der Waals surface area contributed by atoms with Crippen LogP contribution in [0, 0.1) is 0 Å². The SMILES string of the molecule is C=C(NC(=O)CNC(=O)OC(C)(C)C)P(=O)(OCC)OCC. The summed E-state index contributed by atoms with van der Waals surface area (Å²) in [7, 11) is -3.62. The lowest BCUT2D eigenvalue weighted by Crippen LogP contribution is -2.39. The summed E-state index contributed by atoms with van der Waals surface area (Å²) in [5.41, 5.74) is -0.837. The minimum absolute atomic E-state index is 0.141. The van der Waals surface area contributed by atoms with Crippen LogP contribution < -0.4 is 10.6 Å². The number of carbonyl (C=O) groups excluding carboxylic acids is 2. The van der Waals surface area contributed by atoms with E-state index in [1.165, 1.54) is 0 Å². The maximum atomic E-state index is 12.3. The van der Waals surface area contributed by atoms with Gasteiger partial charge in [-0.2, -0.15) is 0 Å². The van der Waals surface area contributed by atoms with E-state index in [1.807, 2.05) is 0 Å². The van der Waals surface area contributed by atoms with Crippen molar-refractivity contribution in [3.8, 4) is 0 Å². The predicted molar refractivity (Wildman–Crippen MR) is 82.4 cm³/mol. The molecule has 0 aliphatic carbocycles. The molecule has 9 heteroatoms. The zero-order chi connectivity index (χ0) is 17.4. The molecule has 8 nitrogen and oxygen atoms in total. The van der Waals surface area contributed by atoms with Gasteiger partial charge in [0.2, 0.25) is 5.91 Å². The number of hydrogen-bond donors (Lipinski definition) is 2. The maximum Gasteiger partial charge on any atom is 0.408 e. The van der Waals surface area contributed by atoms with Crippen LogP contribution in [0.25, 0.3) is 0 Å². The van der Waals surface area contributed by atoms with Gasteiger partial charge in [-0.05, 0) is 34.6 Å². The Balaban J connectivity index is 4.44. The fourth-order valence-electron chi connectivity index (χ4n) is 1.27. The van der Waals surface area contributed by atoms with Gasteiger partial charge in [0.25, 0.3) is 0 Å². The molecule has 0 rings (SSSR count). The largest absolute Gasteiger partial charge is 0.444 e. The highest BCUT2D eigenvalue weighted by molar-refractivity contribution is 7.58. The third-order valence-electron chi connectivity index (χ3n) is 2.00. The van der Waals surface area contributed by atoms with E-state index in [1.54, 1.807) is 34.6 Å². The molecule has 2 N–H and O–H groups in total. The lowest BCUT2D eigenvalue weighted by Gasteiger charge is -2.21. The average molecular weight is 336 g/mol. The molecule has 0 radical (unpaired) electrons. The van der Waals surface area contributed by atoms with E-state index < -0.39 is 25.2 Å². The van der Waals surface area contributed by atoms with Crippen molar-refractivity contribution in [3.63, 3.8) is 0 Å². The van der Waals surface area contributed by atoms with Crippen LogP contribution >= 0.6 is 7.60 Å². The Hall–Kier alpha value is -1.37. The molecule has 22 heavy (non-hydrogen) atoms. The summed E-state index contributed by atoms with van der Waals surface area (Å²) >= 11 is 0. The molecule has 0 saturated heterocycles. The van der Waals surface area contributed by atoms with Crippen LogP contribution in [0.15, 0.2) is 12.0 Å². The van der Waals surface area contributed by atoms with Gasteiger partial charge in [0, 0.05) is 0 Å². The normalized spacial score (nSPS) is 11.7. The molecule has 0 spiro atoms. The smallest absolute Gasteiger partial charge is 0.408 e. The van der Waals surface area contributed by atoms with Crippen molar-refractivity contribution >= 4 is 19.6 Å². The molecule has 0 fully saturated rings. The highest BCUT2D eigenvalue weighted by atomic mass is 31.2. The second kappa shape index (κ2) is 8.92. The van der Waals surface area contributed by atoms with Gasteiger partial charge < -0.3 is 24.4 Å². The lowest BCUT2D eigenvalue weighted by atomic mass is 10.2. The van der Waals surface area contributed by atoms with Crippen LogP contribution in [0.4, 0.5) is 4.79 Å². The molecular weight excluding hydrogens is 311 g/mol. The Morgan fingerprint density at radius 2 is 1.64 bits per heavy atom. The summed E-state index contributed by atoms with van der Waals surface area (Å²) in [6, 6.07) is 0. The Morgan fingerprint density at radius 1 is 1.14 bits per heavy atom. The number of amides is 2. The summed E-state index contributed by atoms with van der Waals surface area (Å²) in [5.74, 6) is -0.615. The second-order valence-electron chi connectivity index (χ2n) is 5.18. The Labute approximate surface area is 131 Å². The van der Waals surface area contributed by atoms with Crippen molar-refractivity contribution < 1.29 is 27.9 Å². The van der Waals surface area contributed by atoms with E-state index in [0.717, 1.165) is 0 Å². The third kappa shape index (κ3) is 8.17. The molecular formula is C13H25N2O6P. The van der Waals surface area contributed by atoms with Crippen LogP contribution in [-0.4, -0.2) is 37.4 Å². The fraction of sp³-hybridized carbons (Fsp3) is 0.692. The van der Waals surface area contributed by atoms with E-state index in [9.17, 15) is 14.2 Å². The molecule has 0 saturated carbocycles. The van der Waals surface area contributed by atoms with Crippen LogP contribution in [-0.2, 0) is 23.1 Å². The first kappa shape index (κ1) is 20.6. The second-order valence-corrected chi connectivity index (χ2v) is 7.23. The van der Waals surface area contributed by atoms with E-state index >= 15 is 0 Å². The van der Waals surface area contributed by atoms with E-state index in [0.29, 0.717) is 0 Å². The third-order valence-corrected chi connectivity index (χ3v) is 3.97. The highest BCUT2D eigenvalue weighted by Gasteiger charge is 2.29. The molecule has 0 heterocycles. The van der Waals surface area contributed by atoms with Crippen molar-refractivity contribution in [1.29, 1.82) is 0 Å². The first-order chi connectivity index (χ1) is 10.0. The van der Waals surface area contributed by atoms with Crippen molar-refractivity contribution in [2.24, 2.45) is 0 Å². The van der Waals surface area contributed by atoms with Gasteiger partial charge in [0.1, 0.15) is 17.6 Å². The van der Waals surface area contributed by atoms with Gasteiger partial charge in [0.05, 0.1) is 13.2 Å². The van der Waals surface area contributed by atoms with E-state index in [4.69, 9.17) is 13.8 Å². The summed E-state index contributed by atoms with van der Waals surface area (Å²) < 4.78 is 27.3. The number of rotatable bonds is 8. The summed E-state index contributed by atoms with van der Waals surface area (Å²) in [6.45, 7) is 11.8. The Bertz CT molecular complexity index is 448. The quantitative estimate of drug-likeness (QED) is 0.660. The lowest BCUT2D eigenvalue weighted by molar-refractivity contribution is -0.119. The molecule has 2 amide bonds. The van der Waals surface area contributed by atoms with Crippen LogP contribution in [0.2, 0.25) is 0 Å². The van der Waals surface area contributed by atoms with Crippen LogP contribution in [0.5, 0.6) is 0 Å². The zero-order valence-electron chi connectivity index (χ0n) is 13.7. The average Bonchev–Trinajstić information content (AvgIpc) is 2.35. The van der Waals surface area contributed by atoms with Gasteiger partial charge in [-0.1, -0.05) is 6.58 Å². The minimum atomic E-state index is -3.62. The molecule has 0 aliphatic rings. The molecule has 0 aromatic carbocycles. The minimum Gasteiger partial charge on any atom is -0.444 e. The molecule has 0 bridgehead atoms. The Morgan fingerprint density at radius 3 is 2.05 bits per heavy atom. The number of carbonyl (C=O) groups is 2. The zero-order valence-corrected chi connectivity index (χ0v) is 14.6. The van der Waals surface area contributed by atoms with Crippen molar-refractivity contribution in [2.75, 3.05) is 19.8 Å². The first-order valence-electron chi connectivity index (χ1n) is 6.89. The number of ether oxygens (including phenoxy) is 1. The molecule has 0 aromatic heterocycles. The number of nitrogens with one attached hydrogen (secondary N) is 2. The fourth-order valence-corrected chi connectivity index (χ4v) is 2.60. The molecule has 0 unspecified atom stereocenters. The van der Waals surface area contributed by atoms with Gasteiger partial charge in [-0.25, -0.2) is 4.79 Å². The monoisotopic (exact) mass is 336 g/mol. The van der Waals surface area contributed by atoms with Crippen LogP contribution in [0.1, 0.15) is 34.6 Å². The standard InChI is InChI=1S/C13H25N2O6P/c1-7-19-22(18,20-8-2)10(3)15-11(16)9-14-12(17)21-13(4,5)6/h3,7-9H2,1-2,4-6H3,(H,14,17)(H,15,16). The number of alkyl carbamates (subject to hydrolysis) is 1. The molecule has 0 aromatic rings. The molecule has 0 atom stereocenters. The van der Waals surface area contributed by atoms with Gasteiger partial charge in [0.15, 0.2) is 0 Å². The topological polar surface area (TPSA) is 103 Å². The molecule has 0 aliphatic heterocycles. The van der Waals surface area contributed by atoms with E-state index in [2.05, 4.69) is 17.2 Å². The number of hydrogen-bond acceptors (Lipinski definition) is 6. The van der Waals surface area contributed by atoms with E-state index in [-0.39, 0.29) is 25.2 Å². The van der Waals surface area contributed by atoms with Crippen LogP contribution in [0.3, 0.4) is 0 Å². The van der Waals surface area contributed by atoms with Crippen molar-refractivity contribution in [1.82, 2.24) is 10.6 Å². The summed E-state index contributed by atoms with van der Waals surface area (Å²) in [6.07, 6.45) is -0.730. The maximum absolute atomic E-state index is 12.3. The highest BCUT2D eigenvalue weighted by Crippen LogP contribution is 2.53. The van der Waals surface area contributed by atoms with Gasteiger partial charge in [-0.3, -0.25) is 9.36 Å². The van der Waals surface area contributed by atoms with Crippen molar-refractivity contribution in [2.45, 2.75) is 40.2 Å².